The standard InChI is InChI=1S/C10H19N/c11-10-7-9(10)8-5-3-1-2-4-6-8/h8-10H,1-7,11H2/t9-,10+/m1/s1. The maximum absolute atomic E-state index is 5.85. The lowest BCUT2D eigenvalue weighted by Gasteiger charge is -2.11. The second kappa shape index (κ2) is 3.14. The highest BCUT2D eigenvalue weighted by Crippen LogP contribution is 2.42. The van der Waals surface area contributed by atoms with E-state index in [-0.39, 0.29) is 0 Å². The molecule has 0 aromatic rings. The fourth-order valence-electron chi connectivity index (χ4n) is 2.52. The number of rotatable bonds is 1. The molecule has 0 heterocycles. The van der Waals surface area contributed by atoms with Gasteiger partial charge in [0, 0.05) is 6.04 Å². The van der Waals surface area contributed by atoms with Crippen LogP contribution < -0.4 is 5.73 Å². The molecule has 0 aromatic heterocycles. The van der Waals surface area contributed by atoms with E-state index in [0.717, 1.165) is 11.8 Å². The SMILES string of the molecule is N[C@H]1C[C@@H]1C1CCCCCC1. The molecule has 0 aromatic carbocycles. The molecular formula is C10H19N. The Morgan fingerprint density at radius 3 is 1.91 bits per heavy atom. The van der Waals surface area contributed by atoms with Gasteiger partial charge in [-0.05, 0) is 18.3 Å². The zero-order valence-corrected chi connectivity index (χ0v) is 7.26. The minimum atomic E-state index is 0.582. The zero-order chi connectivity index (χ0) is 7.68. The van der Waals surface area contributed by atoms with Gasteiger partial charge in [-0.2, -0.15) is 0 Å². The molecule has 11 heavy (non-hydrogen) atoms. The third-order valence-corrected chi connectivity index (χ3v) is 3.40. The Labute approximate surface area is 69.4 Å². The average Bonchev–Trinajstić information content (AvgIpc) is 2.71. The average molecular weight is 153 g/mol. The molecule has 1 nitrogen and oxygen atoms in total. The second-order valence-electron chi connectivity index (χ2n) is 4.32. The quantitative estimate of drug-likeness (QED) is 0.575. The van der Waals surface area contributed by atoms with Crippen molar-refractivity contribution in [1.29, 1.82) is 0 Å². The van der Waals surface area contributed by atoms with Crippen LogP contribution in [0.1, 0.15) is 44.9 Å². The maximum atomic E-state index is 5.85. The van der Waals surface area contributed by atoms with Gasteiger partial charge in [0.1, 0.15) is 0 Å². The molecule has 0 spiro atoms. The topological polar surface area (TPSA) is 26.0 Å². The Morgan fingerprint density at radius 2 is 1.45 bits per heavy atom. The molecule has 2 fully saturated rings. The van der Waals surface area contributed by atoms with Gasteiger partial charge < -0.3 is 5.73 Å². The summed E-state index contributed by atoms with van der Waals surface area (Å²) in [5, 5.41) is 0. The molecule has 1 heteroatoms. The number of hydrogen-bond acceptors (Lipinski definition) is 1. The van der Waals surface area contributed by atoms with Crippen LogP contribution in [0.2, 0.25) is 0 Å². The molecule has 2 rings (SSSR count). The lowest BCUT2D eigenvalue weighted by Crippen LogP contribution is -2.10. The smallest absolute Gasteiger partial charge is 0.00737 e. The van der Waals surface area contributed by atoms with Gasteiger partial charge >= 0.3 is 0 Å². The highest BCUT2D eigenvalue weighted by Gasteiger charge is 2.39. The highest BCUT2D eigenvalue weighted by molar-refractivity contribution is 4.94. The molecule has 0 unspecified atom stereocenters. The molecule has 2 saturated carbocycles. The van der Waals surface area contributed by atoms with Crippen LogP contribution in [0.4, 0.5) is 0 Å². The monoisotopic (exact) mass is 153 g/mol. The van der Waals surface area contributed by atoms with Crippen LogP contribution >= 0.6 is 0 Å². The summed E-state index contributed by atoms with van der Waals surface area (Å²) in [5.41, 5.74) is 5.85. The predicted molar refractivity (Wildman–Crippen MR) is 47.3 cm³/mol. The Morgan fingerprint density at radius 1 is 0.909 bits per heavy atom. The van der Waals surface area contributed by atoms with E-state index < -0.39 is 0 Å². The first-order chi connectivity index (χ1) is 5.38. The summed E-state index contributed by atoms with van der Waals surface area (Å²) in [5.74, 6) is 1.93. The zero-order valence-electron chi connectivity index (χ0n) is 7.26. The summed E-state index contributed by atoms with van der Waals surface area (Å²) < 4.78 is 0. The highest BCUT2D eigenvalue weighted by atomic mass is 14.7. The number of hydrogen-bond donors (Lipinski definition) is 1. The Kier molecular flexibility index (Phi) is 2.17. The van der Waals surface area contributed by atoms with Crippen LogP contribution in [0.3, 0.4) is 0 Å². The van der Waals surface area contributed by atoms with Gasteiger partial charge in [0.15, 0.2) is 0 Å². The molecule has 0 radical (unpaired) electrons. The Balaban J connectivity index is 1.82. The third-order valence-electron chi connectivity index (χ3n) is 3.40. The van der Waals surface area contributed by atoms with Crippen LogP contribution in [0.25, 0.3) is 0 Å². The van der Waals surface area contributed by atoms with Crippen molar-refractivity contribution < 1.29 is 0 Å². The first-order valence-electron chi connectivity index (χ1n) is 5.13. The van der Waals surface area contributed by atoms with Crippen molar-refractivity contribution in [3.8, 4) is 0 Å². The summed E-state index contributed by atoms with van der Waals surface area (Å²) in [4.78, 5) is 0. The van der Waals surface area contributed by atoms with Gasteiger partial charge in [-0.15, -0.1) is 0 Å². The summed E-state index contributed by atoms with van der Waals surface area (Å²) >= 11 is 0. The summed E-state index contributed by atoms with van der Waals surface area (Å²) in [6.07, 6.45) is 10.1. The minimum absolute atomic E-state index is 0.582. The van der Waals surface area contributed by atoms with Crippen LogP contribution in [0.15, 0.2) is 0 Å². The molecule has 0 saturated heterocycles. The van der Waals surface area contributed by atoms with Crippen LogP contribution in [0, 0.1) is 11.8 Å². The molecule has 0 bridgehead atoms. The molecule has 2 N–H and O–H groups in total. The van der Waals surface area contributed by atoms with Crippen molar-refractivity contribution in [2.24, 2.45) is 17.6 Å². The van der Waals surface area contributed by atoms with E-state index in [9.17, 15) is 0 Å². The van der Waals surface area contributed by atoms with Crippen LogP contribution in [-0.2, 0) is 0 Å². The van der Waals surface area contributed by atoms with Crippen molar-refractivity contribution in [3.63, 3.8) is 0 Å². The van der Waals surface area contributed by atoms with Gasteiger partial charge in [0.25, 0.3) is 0 Å². The molecule has 2 aliphatic carbocycles. The van der Waals surface area contributed by atoms with Gasteiger partial charge in [-0.3, -0.25) is 0 Å². The predicted octanol–water partition coefficient (Wildman–Crippen LogP) is 2.30. The molecule has 2 atom stereocenters. The van der Waals surface area contributed by atoms with Crippen molar-refractivity contribution in [2.75, 3.05) is 0 Å². The second-order valence-corrected chi connectivity index (χ2v) is 4.32. The van der Waals surface area contributed by atoms with Crippen molar-refractivity contribution in [2.45, 2.75) is 51.0 Å². The van der Waals surface area contributed by atoms with Gasteiger partial charge in [0.2, 0.25) is 0 Å². The lowest BCUT2D eigenvalue weighted by molar-refractivity contribution is 0.399. The van der Waals surface area contributed by atoms with Gasteiger partial charge in [-0.25, -0.2) is 0 Å². The van der Waals surface area contributed by atoms with Crippen LogP contribution in [-0.4, -0.2) is 6.04 Å². The van der Waals surface area contributed by atoms with Crippen molar-refractivity contribution >= 4 is 0 Å². The lowest BCUT2D eigenvalue weighted by atomic mass is 9.95. The van der Waals surface area contributed by atoms with E-state index >= 15 is 0 Å². The van der Waals surface area contributed by atoms with E-state index in [2.05, 4.69) is 0 Å². The van der Waals surface area contributed by atoms with Gasteiger partial charge in [-0.1, -0.05) is 38.5 Å². The van der Waals surface area contributed by atoms with E-state index in [1.807, 2.05) is 0 Å². The number of nitrogens with two attached hydrogens (primary N) is 1. The fourth-order valence-corrected chi connectivity index (χ4v) is 2.52. The van der Waals surface area contributed by atoms with E-state index in [0.29, 0.717) is 6.04 Å². The van der Waals surface area contributed by atoms with Crippen LogP contribution in [0.5, 0.6) is 0 Å². The largest absolute Gasteiger partial charge is 0.327 e. The van der Waals surface area contributed by atoms with E-state index in [4.69, 9.17) is 5.73 Å². The molecular weight excluding hydrogens is 134 g/mol. The molecule has 64 valence electrons. The summed E-state index contributed by atoms with van der Waals surface area (Å²) in [6, 6.07) is 0.582. The van der Waals surface area contributed by atoms with E-state index in [1.54, 1.807) is 0 Å². The van der Waals surface area contributed by atoms with Crippen molar-refractivity contribution in [3.05, 3.63) is 0 Å². The third kappa shape index (κ3) is 1.76. The summed E-state index contributed by atoms with van der Waals surface area (Å²) in [6.45, 7) is 0. The minimum Gasteiger partial charge on any atom is -0.327 e. The summed E-state index contributed by atoms with van der Waals surface area (Å²) in [7, 11) is 0. The maximum Gasteiger partial charge on any atom is 0.00737 e. The molecule has 0 aliphatic heterocycles. The van der Waals surface area contributed by atoms with E-state index in [1.165, 1.54) is 44.9 Å². The van der Waals surface area contributed by atoms with Gasteiger partial charge in [0.05, 0.1) is 0 Å². The van der Waals surface area contributed by atoms with Crippen molar-refractivity contribution in [1.82, 2.24) is 0 Å². The first-order valence-corrected chi connectivity index (χ1v) is 5.13. The normalized spacial score (nSPS) is 40.1. The molecule has 0 amide bonds. The fraction of sp³-hybridized carbons (Fsp3) is 1.00. The Hall–Kier alpha value is -0.0400. The first kappa shape index (κ1) is 7.60. The Bertz CT molecular complexity index is 125. The molecule has 2 aliphatic rings.